The number of para-hydroxylation sites is 1. The van der Waals surface area contributed by atoms with Gasteiger partial charge in [-0.3, -0.25) is 24.5 Å². The van der Waals surface area contributed by atoms with Crippen LogP contribution in [0.15, 0.2) is 72.8 Å². The molecule has 2 saturated heterocycles. The van der Waals surface area contributed by atoms with Gasteiger partial charge in [0.05, 0.1) is 24.6 Å². The molecule has 0 unspecified atom stereocenters. The van der Waals surface area contributed by atoms with E-state index in [1.165, 1.54) is 9.80 Å². The molecule has 3 heterocycles. The molecule has 42 heavy (non-hydrogen) atoms. The zero-order valence-corrected chi connectivity index (χ0v) is 24.1. The summed E-state index contributed by atoms with van der Waals surface area (Å²) in [6.45, 7) is 5.83. The number of amides is 4. The van der Waals surface area contributed by atoms with E-state index in [9.17, 15) is 19.2 Å². The molecule has 0 radical (unpaired) electrons. The summed E-state index contributed by atoms with van der Waals surface area (Å²) in [6.07, 6.45) is 0.599. The van der Waals surface area contributed by atoms with Gasteiger partial charge in [0.15, 0.2) is 0 Å². The second-order valence-electron chi connectivity index (χ2n) is 11.7. The highest BCUT2D eigenvalue weighted by Gasteiger charge is 2.71. The summed E-state index contributed by atoms with van der Waals surface area (Å²) in [6, 6.07) is 21.0. The highest BCUT2D eigenvalue weighted by atomic mass is 16.5. The topological polar surface area (TPSA) is 108 Å². The van der Waals surface area contributed by atoms with E-state index >= 15 is 0 Å². The van der Waals surface area contributed by atoms with Crippen LogP contribution in [0.25, 0.3) is 0 Å². The van der Waals surface area contributed by atoms with Crippen molar-refractivity contribution in [2.45, 2.75) is 38.8 Å². The maximum Gasteiger partial charge on any atom is 0.253 e. The van der Waals surface area contributed by atoms with E-state index < -0.39 is 35.2 Å². The monoisotopic (exact) mass is 566 g/mol. The Morgan fingerprint density at radius 2 is 1.67 bits per heavy atom. The van der Waals surface area contributed by atoms with Crippen LogP contribution < -0.4 is 25.2 Å². The molecule has 0 aromatic heterocycles. The van der Waals surface area contributed by atoms with Gasteiger partial charge in [-0.05, 0) is 61.7 Å². The Labute approximate surface area is 244 Å². The molecule has 3 aliphatic rings. The van der Waals surface area contributed by atoms with Crippen molar-refractivity contribution in [1.29, 1.82) is 0 Å². The van der Waals surface area contributed by atoms with Gasteiger partial charge in [-0.1, -0.05) is 49.7 Å². The maximum absolute atomic E-state index is 14.6. The van der Waals surface area contributed by atoms with E-state index in [0.717, 1.165) is 5.56 Å². The van der Waals surface area contributed by atoms with Crippen LogP contribution in [0, 0.1) is 24.7 Å². The summed E-state index contributed by atoms with van der Waals surface area (Å²) in [5.74, 6) is -2.40. The van der Waals surface area contributed by atoms with E-state index in [2.05, 4.69) is 24.5 Å². The van der Waals surface area contributed by atoms with Gasteiger partial charge in [0.1, 0.15) is 17.8 Å². The van der Waals surface area contributed by atoms with Gasteiger partial charge in [0, 0.05) is 23.0 Å². The number of rotatable bonds is 7. The Morgan fingerprint density at radius 1 is 0.976 bits per heavy atom. The SMILES string of the molecule is COc1ccc(N2C(=O)[C@@H]3[C@H](CC(C)C)N[C@@]4(C(=O)N(CC(=O)Nc5ccc(C)cc5)c5ccccc54)[C@H]3C2=O)cc1. The lowest BCUT2D eigenvalue weighted by molar-refractivity contribution is -0.132. The van der Waals surface area contributed by atoms with E-state index in [1.54, 1.807) is 43.5 Å². The largest absolute Gasteiger partial charge is 0.497 e. The molecule has 4 amide bonds. The van der Waals surface area contributed by atoms with Crippen molar-refractivity contribution in [3.05, 3.63) is 83.9 Å². The fraction of sp³-hybridized carbons (Fsp3) is 0.333. The number of nitrogens with zero attached hydrogens (tertiary/aromatic N) is 2. The molecule has 9 heteroatoms. The van der Waals surface area contributed by atoms with Gasteiger partial charge in [-0.15, -0.1) is 0 Å². The first-order valence-electron chi connectivity index (χ1n) is 14.2. The number of ether oxygens (including phenoxy) is 1. The van der Waals surface area contributed by atoms with Crippen molar-refractivity contribution in [2.75, 3.05) is 28.8 Å². The van der Waals surface area contributed by atoms with E-state index in [4.69, 9.17) is 4.74 Å². The number of hydrogen-bond acceptors (Lipinski definition) is 6. The van der Waals surface area contributed by atoms with Crippen molar-refractivity contribution in [3.8, 4) is 5.75 Å². The predicted octanol–water partition coefficient (Wildman–Crippen LogP) is 4.01. The zero-order chi connectivity index (χ0) is 29.8. The van der Waals surface area contributed by atoms with Crippen LogP contribution in [0.5, 0.6) is 5.75 Å². The van der Waals surface area contributed by atoms with Crippen molar-refractivity contribution in [3.63, 3.8) is 0 Å². The third-order valence-electron chi connectivity index (χ3n) is 8.56. The Hall–Kier alpha value is -4.50. The number of methoxy groups -OCH3 is 1. The predicted molar refractivity (Wildman–Crippen MR) is 159 cm³/mol. The quantitative estimate of drug-likeness (QED) is 0.419. The molecule has 0 bridgehead atoms. The molecule has 2 N–H and O–H groups in total. The molecule has 0 saturated carbocycles. The Morgan fingerprint density at radius 3 is 2.33 bits per heavy atom. The number of hydrogen-bond donors (Lipinski definition) is 2. The second-order valence-corrected chi connectivity index (χ2v) is 11.7. The smallest absolute Gasteiger partial charge is 0.253 e. The minimum Gasteiger partial charge on any atom is -0.497 e. The molecule has 3 aliphatic heterocycles. The van der Waals surface area contributed by atoms with Crippen molar-refractivity contribution >= 4 is 40.7 Å². The van der Waals surface area contributed by atoms with Gasteiger partial charge in [0.2, 0.25) is 17.7 Å². The normalized spacial score (nSPS) is 24.5. The second kappa shape index (κ2) is 10.4. The average molecular weight is 567 g/mol. The maximum atomic E-state index is 14.6. The molecule has 2 fully saturated rings. The van der Waals surface area contributed by atoms with Gasteiger partial charge < -0.3 is 15.0 Å². The molecule has 1 spiro atoms. The number of benzene rings is 3. The third kappa shape index (κ3) is 4.27. The lowest BCUT2D eigenvalue weighted by Crippen LogP contribution is -2.56. The van der Waals surface area contributed by atoms with Gasteiger partial charge in [0.25, 0.3) is 5.91 Å². The Balaban J connectivity index is 1.39. The number of anilines is 3. The number of aryl methyl sites for hydroxylation is 1. The van der Waals surface area contributed by atoms with Crippen LogP contribution in [-0.4, -0.2) is 43.3 Å². The number of fused-ring (bicyclic) bond motifs is 4. The molecule has 6 rings (SSSR count). The Bertz CT molecular complexity index is 1570. The lowest BCUT2D eigenvalue weighted by Gasteiger charge is -2.31. The molecule has 0 aliphatic carbocycles. The average Bonchev–Trinajstić information content (AvgIpc) is 3.53. The van der Waals surface area contributed by atoms with Gasteiger partial charge in [-0.2, -0.15) is 0 Å². The first-order chi connectivity index (χ1) is 20.1. The van der Waals surface area contributed by atoms with Crippen LogP contribution >= 0.6 is 0 Å². The van der Waals surface area contributed by atoms with Crippen LogP contribution in [0.1, 0.15) is 31.4 Å². The number of imide groups is 1. The molecular formula is C33H34N4O5. The summed E-state index contributed by atoms with van der Waals surface area (Å²) in [7, 11) is 1.55. The highest BCUT2D eigenvalue weighted by Crippen LogP contribution is 2.55. The van der Waals surface area contributed by atoms with Crippen LogP contribution in [0.4, 0.5) is 17.1 Å². The van der Waals surface area contributed by atoms with Gasteiger partial charge in [-0.25, -0.2) is 4.90 Å². The van der Waals surface area contributed by atoms with E-state index in [-0.39, 0.29) is 24.3 Å². The summed E-state index contributed by atoms with van der Waals surface area (Å²) in [4.78, 5) is 58.7. The Kier molecular flexibility index (Phi) is 6.85. The van der Waals surface area contributed by atoms with Gasteiger partial charge >= 0.3 is 0 Å². The van der Waals surface area contributed by atoms with Crippen molar-refractivity contribution in [1.82, 2.24) is 5.32 Å². The minimum absolute atomic E-state index is 0.208. The molecule has 9 nitrogen and oxygen atoms in total. The van der Waals surface area contributed by atoms with E-state index in [0.29, 0.717) is 34.8 Å². The molecule has 3 aromatic carbocycles. The first-order valence-corrected chi connectivity index (χ1v) is 14.2. The molecular weight excluding hydrogens is 532 g/mol. The van der Waals surface area contributed by atoms with Crippen LogP contribution in [0.2, 0.25) is 0 Å². The van der Waals surface area contributed by atoms with E-state index in [1.807, 2.05) is 43.3 Å². The fourth-order valence-electron chi connectivity index (χ4n) is 6.78. The number of carbonyl (C=O) groups is 4. The lowest BCUT2D eigenvalue weighted by atomic mass is 9.76. The van der Waals surface area contributed by atoms with Crippen molar-refractivity contribution in [2.24, 2.45) is 17.8 Å². The standard InChI is InChI=1S/C33H34N4O5/c1-19(2)17-25-28-29(31(40)37(30(28)39)22-13-15-23(42-4)16-14-22)33(35-25)24-7-5-6-8-26(24)36(32(33)41)18-27(38)34-21-11-9-20(3)10-12-21/h5-16,19,25,28-29,35H,17-18H2,1-4H3,(H,34,38)/t25-,28+,29+,33+/m0/s1. The minimum atomic E-state index is -1.47. The zero-order valence-electron chi connectivity index (χ0n) is 24.1. The molecule has 3 aromatic rings. The summed E-state index contributed by atoms with van der Waals surface area (Å²) >= 11 is 0. The van der Waals surface area contributed by atoms with Crippen LogP contribution in [-0.2, 0) is 24.7 Å². The number of nitrogens with one attached hydrogen (secondary N) is 2. The van der Waals surface area contributed by atoms with Crippen LogP contribution in [0.3, 0.4) is 0 Å². The summed E-state index contributed by atoms with van der Waals surface area (Å²) in [5.41, 5.74) is 1.82. The molecule has 216 valence electrons. The fourth-order valence-corrected chi connectivity index (χ4v) is 6.78. The number of carbonyl (C=O) groups excluding carboxylic acids is 4. The summed E-state index contributed by atoms with van der Waals surface area (Å²) < 4.78 is 5.26. The first kappa shape index (κ1) is 27.7. The highest BCUT2D eigenvalue weighted by molar-refractivity contribution is 6.26. The molecule has 4 atom stereocenters. The van der Waals surface area contributed by atoms with Crippen molar-refractivity contribution < 1.29 is 23.9 Å². The third-order valence-corrected chi connectivity index (χ3v) is 8.56. The summed E-state index contributed by atoms with van der Waals surface area (Å²) in [5, 5.41) is 6.37.